The molecule has 1 saturated heterocycles. The number of rotatable bonds is 6. The summed E-state index contributed by atoms with van der Waals surface area (Å²) in [6.45, 7) is 9.05. The maximum absolute atomic E-state index is 12.1. The van der Waals surface area contributed by atoms with E-state index in [9.17, 15) is 4.79 Å². The standard InChI is InChI=1S/C13H24N2O2/c1-10(2)15(6-11-4-5-11)12(16)7-17-13(3)8-14-9-13/h10-11,14H,4-9H2,1-3H3. The number of amides is 1. The molecule has 4 nitrogen and oxygen atoms in total. The Morgan fingerprint density at radius 1 is 1.47 bits per heavy atom. The minimum Gasteiger partial charge on any atom is -0.363 e. The van der Waals surface area contributed by atoms with Crippen LogP contribution in [0, 0.1) is 5.92 Å². The van der Waals surface area contributed by atoms with Gasteiger partial charge >= 0.3 is 0 Å². The van der Waals surface area contributed by atoms with Gasteiger partial charge in [-0.3, -0.25) is 4.79 Å². The van der Waals surface area contributed by atoms with Crippen LogP contribution in [-0.4, -0.2) is 48.7 Å². The molecule has 0 atom stereocenters. The molecule has 2 fully saturated rings. The first-order valence-electron chi connectivity index (χ1n) is 6.64. The zero-order valence-corrected chi connectivity index (χ0v) is 11.2. The molecular formula is C13H24N2O2. The zero-order valence-electron chi connectivity index (χ0n) is 11.2. The second-order valence-electron chi connectivity index (χ2n) is 5.93. The van der Waals surface area contributed by atoms with Gasteiger partial charge in [0.05, 0.1) is 5.60 Å². The van der Waals surface area contributed by atoms with Crippen molar-refractivity contribution in [3.05, 3.63) is 0 Å². The fourth-order valence-electron chi connectivity index (χ4n) is 2.08. The first-order valence-corrected chi connectivity index (χ1v) is 6.64. The number of carbonyl (C=O) groups is 1. The van der Waals surface area contributed by atoms with E-state index in [2.05, 4.69) is 26.1 Å². The summed E-state index contributed by atoms with van der Waals surface area (Å²) in [5.41, 5.74) is -0.127. The van der Waals surface area contributed by atoms with Crippen molar-refractivity contribution in [3.8, 4) is 0 Å². The second-order valence-corrected chi connectivity index (χ2v) is 5.93. The lowest BCUT2D eigenvalue weighted by Crippen LogP contribution is -2.60. The van der Waals surface area contributed by atoms with Crippen molar-refractivity contribution >= 4 is 5.91 Å². The SMILES string of the molecule is CC(C)N(CC1CC1)C(=O)COC1(C)CNC1. The normalized spacial score (nSPS) is 22.4. The summed E-state index contributed by atoms with van der Waals surface area (Å²) in [6, 6.07) is 0.277. The predicted octanol–water partition coefficient (Wildman–Crippen LogP) is 1.01. The third-order valence-electron chi connectivity index (χ3n) is 3.64. The number of hydrogen-bond acceptors (Lipinski definition) is 3. The van der Waals surface area contributed by atoms with Crippen LogP contribution in [-0.2, 0) is 9.53 Å². The van der Waals surface area contributed by atoms with Gasteiger partial charge in [-0.1, -0.05) is 0 Å². The van der Waals surface area contributed by atoms with Crippen LogP contribution in [0.4, 0.5) is 0 Å². The van der Waals surface area contributed by atoms with E-state index in [0.29, 0.717) is 0 Å². The molecule has 0 bridgehead atoms. The number of hydrogen-bond donors (Lipinski definition) is 1. The van der Waals surface area contributed by atoms with Crippen molar-refractivity contribution in [3.63, 3.8) is 0 Å². The van der Waals surface area contributed by atoms with Crippen molar-refractivity contribution in [2.24, 2.45) is 5.92 Å². The van der Waals surface area contributed by atoms with Gasteiger partial charge in [-0.2, -0.15) is 0 Å². The molecule has 1 N–H and O–H groups in total. The monoisotopic (exact) mass is 240 g/mol. The average molecular weight is 240 g/mol. The highest BCUT2D eigenvalue weighted by Crippen LogP contribution is 2.30. The molecule has 2 rings (SSSR count). The van der Waals surface area contributed by atoms with E-state index < -0.39 is 0 Å². The van der Waals surface area contributed by atoms with E-state index in [1.807, 2.05) is 4.90 Å². The molecular weight excluding hydrogens is 216 g/mol. The van der Waals surface area contributed by atoms with Crippen molar-refractivity contribution in [1.82, 2.24) is 10.2 Å². The molecule has 0 spiro atoms. The third kappa shape index (κ3) is 3.42. The molecule has 17 heavy (non-hydrogen) atoms. The van der Waals surface area contributed by atoms with Crippen LogP contribution in [0.25, 0.3) is 0 Å². The average Bonchev–Trinajstić information content (AvgIpc) is 3.03. The summed E-state index contributed by atoms with van der Waals surface area (Å²) in [4.78, 5) is 14.1. The topological polar surface area (TPSA) is 41.6 Å². The summed E-state index contributed by atoms with van der Waals surface area (Å²) in [5.74, 6) is 0.877. The van der Waals surface area contributed by atoms with Gasteiger partial charge in [0.15, 0.2) is 0 Å². The minimum absolute atomic E-state index is 0.127. The van der Waals surface area contributed by atoms with Crippen LogP contribution in [0.5, 0.6) is 0 Å². The summed E-state index contributed by atoms with van der Waals surface area (Å²) in [6.07, 6.45) is 2.55. The lowest BCUT2D eigenvalue weighted by Gasteiger charge is -2.39. The van der Waals surface area contributed by atoms with Crippen LogP contribution in [0.3, 0.4) is 0 Å². The van der Waals surface area contributed by atoms with Gasteiger partial charge in [-0.15, -0.1) is 0 Å². The molecule has 1 aliphatic carbocycles. The molecule has 1 saturated carbocycles. The smallest absolute Gasteiger partial charge is 0.248 e. The fourth-order valence-corrected chi connectivity index (χ4v) is 2.08. The van der Waals surface area contributed by atoms with E-state index in [0.717, 1.165) is 25.6 Å². The Morgan fingerprint density at radius 3 is 2.53 bits per heavy atom. The van der Waals surface area contributed by atoms with Crippen LogP contribution in [0.15, 0.2) is 0 Å². The fraction of sp³-hybridized carbons (Fsp3) is 0.923. The lowest BCUT2D eigenvalue weighted by molar-refractivity contribution is -0.147. The Balaban J connectivity index is 1.78. The lowest BCUT2D eigenvalue weighted by atomic mass is 10.0. The first kappa shape index (κ1) is 12.8. The van der Waals surface area contributed by atoms with Gasteiger partial charge in [0, 0.05) is 25.7 Å². The number of carbonyl (C=O) groups excluding carboxylic acids is 1. The molecule has 4 heteroatoms. The molecule has 0 radical (unpaired) electrons. The van der Waals surface area contributed by atoms with Crippen molar-refractivity contribution in [2.75, 3.05) is 26.2 Å². The van der Waals surface area contributed by atoms with E-state index >= 15 is 0 Å². The van der Waals surface area contributed by atoms with Crippen molar-refractivity contribution in [1.29, 1.82) is 0 Å². The van der Waals surface area contributed by atoms with Crippen molar-refractivity contribution < 1.29 is 9.53 Å². The van der Waals surface area contributed by atoms with E-state index in [1.165, 1.54) is 12.8 Å². The number of ether oxygens (including phenoxy) is 1. The highest BCUT2D eigenvalue weighted by molar-refractivity contribution is 5.77. The van der Waals surface area contributed by atoms with Crippen LogP contribution in [0.2, 0.25) is 0 Å². The van der Waals surface area contributed by atoms with Gasteiger partial charge in [0.2, 0.25) is 5.91 Å². The van der Waals surface area contributed by atoms with Gasteiger partial charge < -0.3 is 15.0 Å². The van der Waals surface area contributed by atoms with Crippen LogP contribution < -0.4 is 5.32 Å². The molecule has 0 aromatic rings. The van der Waals surface area contributed by atoms with Gasteiger partial charge in [0.25, 0.3) is 0 Å². The molecule has 0 aromatic heterocycles. The van der Waals surface area contributed by atoms with E-state index in [-0.39, 0.29) is 24.2 Å². The summed E-state index contributed by atoms with van der Waals surface area (Å²) in [7, 11) is 0. The highest BCUT2D eigenvalue weighted by atomic mass is 16.5. The molecule has 1 aliphatic heterocycles. The molecule has 98 valence electrons. The Hall–Kier alpha value is -0.610. The first-order chi connectivity index (χ1) is 8.00. The van der Waals surface area contributed by atoms with Gasteiger partial charge in [-0.25, -0.2) is 0 Å². The van der Waals surface area contributed by atoms with Crippen LogP contribution >= 0.6 is 0 Å². The summed E-state index contributed by atoms with van der Waals surface area (Å²) < 4.78 is 5.71. The second kappa shape index (κ2) is 4.94. The molecule has 0 aromatic carbocycles. The maximum Gasteiger partial charge on any atom is 0.248 e. The largest absolute Gasteiger partial charge is 0.363 e. The predicted molar refractivity (Wildman–Crippen MR) is 66.8 cm³/mol. The molecule has 0 unspecified atom stereocenters. The Morgan fingerprint density at radius 2 is 2.12 bits per heavy atom. The Bertz CT molecular complexity index is 283. The quantitative estimate of drug-likeness (QED) is 0.753. The van der Waals surface area contributed by atoms with E-state index in [1.54, 1.807) is 0 Å². The van der Waals surface area contributed by atoms with Crippen LogP contribution in [0.1, 0.15) is 33.6 Å². The molecule has 2 aliphatic rings. The number of nitrogens with one attached hydrogen (secondary N) is 1. The molecule has 1 heterocycles. The Labute approximate surface area is 104 Å². The van der Waals surface area contributed by atoms with Crippen molar-refractivity contribution in [2.45, 2.75) is 45.3 Å². The maximum atomic E-state index is 12.1. The highest BCUT2D eigenvalue weighted by Gasteiger charge is 2.34. The Kier molecular flexibility index (Phi) is 3.73. The zero-order chi connectivity index (χ0) is 12.5. The summed E-state index contributed by atoms with van der Waals surface area (Å²) >= 11 is 0. The third-order valence-corrected chi connectivity index (χ3v) is 3.64. The summed E-state index contributed by atoms with van der Waals surface area (Å²) in [5, 5.41) is 3.17. The minimum atomic E-state index is -0.127. The van der Waals surface area contributed by atoms with E-state index in [4.69, 9.17) is 4.74 Å². The van der Waals surface area contributed by atoms with Gasteiger partial charge in [0.1, 0.15) is 6.61 Å². The molecule has 1 amide bonds. The number of nitrogens with zero attached hydrogens (tertiary/aromatic N) is 1. The van der Waals surface area contributed by atoms with Gasteiger partial charge in [-0.05, 0) is 39.5 Å².